The topological polar surface area (TPSA) is 78.4 Å². The molecule has 0 amide bonds. The Bertz CT molecular complexity index is 1310. The molecule has 0 bridgehead atoms. The molecule has 2 aromatic carbocycles. The van der Waals surface area contributed by atoms with Gasteiger partial charge >= 0.3 is 12.1 Å². The summed E-state index contributed by atoms with van der Waals surface area (Å²) < 4.78 is 75.2. The van der Waals surface area contributed by atoms with Crippen LogP contribution in [0.5, 0.6) is 0 Å². The zero-order valence-corrected chi connectivity index (χ0v) is 21.4. The second kappa shape index (κ2) is 11.3. The maximum atomic E-state index is 15.0. The summed E-state index contributed by atoms with van der Waals surface area (Å²) in [6, 6.07) is 9.20. The normalized spacial score (nSPS) is 17.1. The van der Waals surface area contributed by atoms with Crippen molar-refractivity contribution >= 4 is 44.6 Å². The summed E-state index contributed by atoms with van der Waals surface area (Å²) in [6.07, 6.45) is -3.33. The summed E-state index contributed by atoms with van der Waals surface area (Å²) in [5.41, 5.74) is 1.42. The van der Waals surface area contributed by atoms with E-state index in [1.165, 1.54) is 0 Å². The van der Waals surface area contributed by atoms with Crippen LogP contribution < -0.4 is 10.2 Å². The van der Waals surface area contributed by atoms with Gasteiger partial charge in [-0.3, -0.25) is 0 Å². The Labute approximate surface area is 222 Å². The number of benzene rings is 2. The van der Waals surface area contributed by atoms with Crippen LogP contribution in [-0.2, 0) is 4.79 Å². The van der Waals surface area contributed by atoms with Crippen LogP contribution in [0.4, 0.5) is 38.0 Å². The number of aromatic nitrogens is 2. The molecule has 0 spiro atoms. The van der Waals surface area contributed by atoms with Crippen molar-refractivity contribution in [1.29, 1.82) is 0 Å². The van der Waals surface area contributed by atoms with Crippen molar-refractivity contribution in [2.75, 3.05) is 23.3 Å². The zero-order chi connectivity index (χ0) is 27.6. The van der Waals surface area contributed by atoms with Crippen molar-refractivity contribution in [1.82, 2.24) is 9.97 Å². The summed E-state index contributed by atoms with van der Waals surface area (Å²) in [5, 5.41) is 10.6. The van der Waals surface area contributed by atoms with Crippen LogP contribution in [0.1, 0.15) is 37.4 Å². The fourth-order valence-corrected chi connectivity index (χ4v) is 4.49. The summed E-state index contributed by atoms with van der Waals surface area (Å²) >= 11 is 3.48. The molecular weight excluding hydrogens is 582 g/mol. The average Bonchev–Trinajstić information content (AvgIpc) is 3.69. The first-order chi connectivity index (χ1) is 17.9. The summed E-state index contributed by atoms with van der Waals surface area (Å²) in [7, 11) is 0. The third kappa shape index (κ3) is 6.86. The Hall–Kier alpha value is -3.09. The minimum absolute atomic E-state index is 0.190. The SMILES string of the molecule is Fc1ccc(F)c(C(F)C2CCN(c3nc4cc(Br)ccc4nc3NC3CC3)CC2)c1.O=C(O)C(F)(F)F. The molecule has 2 fully saturated rings. The number of carbonyl (C=O) groups is 1. The monoisotopic (exact) mass is 604 g/mol. The second-order valence-electron chi connectivity index (χ2n) is 9.14. The number of rotatable bonds is 5. The molecule has 3 aromatic rings. The smallest absolute Gasteiger partial charge is 0.475 e. The number of hydrogen-bond acceptors (Lipinski definition) is 5. The zero-order valence-electron chi connectivity index (χ0n) is 19.8. The van der Waals surface area contributed by atoms with Gasteiger partial charge in [0.15, 0.2) is 11.6 Å². The number of nitrogens with zero attached hydrogens (tertiary/aromatic N) is 3. The van der Waals surface area contributed by atoms with Crippen molar-refractivity contribution in [3.8, 4) is 0 Å². The molecule has 1 atom stereocenters. The van der Waals surface area contributed by atoms with E-state index in [9.17, 15) is 22.0 Å². The van der Waals surface area contributed by atoms with Crippen molar-refractivity contribution in [3.63, 3.8) is 0 Å². The van der Waals surface area contributed by atoms with E-state index in [1.807, 2.05) is 18.2 Å². The van der Waals surface area contributed by atoms with E-state index in [0.717, 1.165) is 58.2 Å². The summed E-state index contributed by atoms with van der Waals surface area (Å²) in [5.74, 6) is -2.92. The van der Waals surface area contributed by atoms with E-state index in [1.54, 1.807) is 0 Å². The predicted molar refractivity (Wildman–Crippen MR) is 133 cm³/mol. The van der Waals surface area contributed by atoms with Gasteiger partial charge in [0, 0.05) is 29.2 Å². The van der Waals surface area contributed by atoms with Gasteiger partial charge in [0.2, 0.25) is 0 Å². The first-order valence-electron chi connectivity index (χ1n) is 11.8. The van der Waals surface area contributed by atoms with Crippen molar-refractivity contribution in [2.24, 2.45) is 5.92 Å². The molecule has 5 rings (SSSR count). The minimum Gasteiger partial charge on any atom is -0.475 e. The lowest BCUT2D eigenvalue weighted by Crippen LogP contribution is -2.36. The Morgan fingerprint density at radius 3 is 2.29 bits per heavy atom. The Balaban J connectivity index is 0.000000426. The summed E-state index contributed by atoms with van der Waals surface area (Å²) in [4.78, 5) is 20.7. The number of anilines is 2. The van der Waals surface area contributed by atoms with Crippen molar-refractivity contribution in [3.05, 3.63) is 58.1 Å². The quantitative estimate of drug-likeness (QED) is 0.312. The first-order valence-corrected chi connectivity index (χ1v) is 12.6. The number of piperidine rings is 1. The molecule has 13 heteroatoms. The molecule has 1 unspecified atom stereocenters. The van der Waals surface area contributed by atoms with Gasteiger partial charge < -0.3 is 15.3 Å². The van der Waals surface area contributed by atoms with E-state index in [2.05, 4.69) is 26.1 Å². The van der Waals surface area contributed by atoms with Gasteiger partial charge in [-0.25, -0.2) is 27.9 Å². The number of nitrogens with one attached hydrogen (secondary N) is 1. The van der Waals surface area contributed by atoms with Crippen LogP contribution in [0, 0.1) is 17.6 Å². The van der Waals surface area contributed by atoms with Gasteiger partial charge in [-0.15, -0.1) is 0 Å². The number of carboxylic acids is 1. The highest BCUT2D eigenvalue weighted by molar-refractivity contribution is 9.10. The summed E-state index contributed by atoms with van der Waals surface area (Å²) in [6.45, 7) is 1.16. The molecule has 1 aliphatic heterocycles. The lowest BCUT2D eigenvalue weighted by Gasteiger charge is -2.35. The van der Waals surface area contributed by atoms with Crippen molar-refractivity contribution < 1.29 is 36.2 Å². The van der Waals surface area contributed by atoms with Crippen LogP contribution in [0.25, 0.3) is 11.0 Å². The van der Waals surface area contributed by atoms with Gasteiger partial charge in [-0.05, 0) is 68.0 Å². The van der Waals surface area contributed by atoms with Gasteiger partial charge in [0.05, 0.1) is 11.0 Å². The van der Waals surface area contributed by atoms with Crippen LogP contribution >= 0.6 is 15.9 Å². The third-order valence-electron chi connectivity index (χ3n) is 6.28. The van der Waals surface area contributed by atoms with E-state index < -0.39 is 30.0 Å². The maximum Gasteiger partial charge on any atom is 0.490 e. The largest absolute Gasteiger partial charge is 0.490 e. The highest BCUT2D eigenvalue weighted by Crippen LogP contribution is 2.38. The molecule has 1 saturated carbocycles. The van der Waals surface area contributed by atoms with Crippen molar-refractivity contribution in [2.45, 2.75) is 44.1 Å². The number of aliphatic carboxylic acids is 1. The van der Waals surface area contributed by atoms with E-state index in [4.69, 9.17) is 19.9 Å². The Morgan fingerprint density at radius 1 is 1.03 bits per heavy atom. The molecule has 0 radical (unpaired) electrons. The second-order valence-corrected chi connectivity index (χ2v) is 10.1. The number of fused-ring (bicyclic) bond motifs is 1. The fraction of sp³-hybridized carbons (Fsp3) is 0.400. The Morgan fingerprint density at radius 2 is 1.68 bits per heavy atom. The van der Waals surface area contributed by atoms with Crippen LogP contribution in [0.2, 0.25) is 0 Å². The van der Waals surface area contributed by atoms with Gasteiger partial charge in [0.1, 0.15) is 17.8 Å². The lowest BCUT2D eigenvalue weighted by atomic mass is 9.88. The highest BCUT2D eigenvalue weighted by Gasteiger charge is 2.38. The molecule has 1 aromatic heterocycles. The Kier molecular flexibility index (Phi) is 8.34. The van der Waals surface area contributed by atoms with Gasteiger partial charge in [0.25, 0.3) is 0 Å². The maximum absolute atomic E-state index is 15.0. The molecule has 2 heterocycles. The van der Waals surface area contributed by atoms with Crippen LogP contribution in [0.3, 0.4) is 0 Å². The van der Waals surface area contributed by atoms with E-state index >= 15 is 4.39 Å². The number of halogens is 7. The molecule has 2 aliphatic rings. The van der Waals surface area contributed by atoms with E-state index in [-0.39, 0.29) is 11.5 Å². The van der Waals surface area contributed by atoms with E-state index in [0.29, 0.717) is 32.0 Å². The molecule has 2 N–H and O–H groups in total. The van der Waals surface area contributed by atoms with Crippen LogP contribution in [-0.4, -0.2) is 46.4 Å². The van der Waals surface area contributed by atoms with Crippen LogP contribution in [0.15, 0.2) is 40.9 Å². The number of hydrogen-bond donors (Lipinski definition) is 2. The molecule has 1 saturated heterocycles. The lowest BCUT2D eigenvalue weighted by molar-refractivity contribution is -0.192. The predicted octanol–water partition coefficient (Wildman–Crippen LogP) is 6.81. The van der Waals surface area contributed by atoms with Gasteiger partial charge in [-0.2, -0.15) is 13.2 Å². The highest BCUT2D eigenvalue weighted by atomic mass is 79.9. The molecular formula is C25H23BrF6N4O2. The minimum atomic E-state index is -5.08. The molecule has 6 nitrogen and oxygen atoms in total. The molecule has 204 valence electrons. The molecule has 1 aliphatic carbocycles. The standard InChI is InChI=1S/C23H22BrF3N4.C2HF3O2/c24-14-1-6-19-20(11-14)30-23(22(29-19)28-16-3-4-16)31-9-7-13(8-10-31)21(27)17-12-15(25)2-5-18(17)26;3-2(4,5)1(6)7/h1-2,5-6,11-13,16,21H,3-4,7-10H2,(H,28,29);(H,6,7). The first kappa shape index (κ1) is 27.9. The molecule has 38 heavy (non-hydrogen) atoms. The van der Waals surface area contributed by atoms with Gasteiger partial charge in [-0.1, -0.05) is 15.9 Å². The number of carboxylic acid groups (broad SMARTS) is 1. The fourth-order valence-electron chi connectivity index (χ4n) is 4.14. The number of alkyl halides is 4. The third-order valence-corrected chi connectivity index (χ3v) is 6.77. The average molecular weight is 605 g/mol.